The predicted octanol–water partition coefficient (Wildman–Crippen LogP) is 14.5. The molecule has 313 valence electrons. The first-order chi connectivity index (χ1) is 28.6. The third kappa shape index (κ3) is 10.2. The van der Waals surface area contributed by atoms with Crippen LogP contribution in [-0.4, -0.2) is 28.2 Å². The zero-order valence-electron chi connectivity index (χ0n) is 36.5. The van der Waals surface area contributed by atoms with Gasteiger partial charge in [-0.15, -0.1) is 18.2 Å². The molecule has 6 heteroatoms. The summed E-state index contributed by atoms with van der Waals surface area (Å²) in [5, 5.41) is 2.07. The van der Waals surface area contributed by atoms with E-state index in [-0.39, 0.29) is 20.1 Å². The Labute approximate surface area is 375 Å². The van der Waals surface area contributed by atoms with Crippen molar-refractivity contribution in [2.24, 2.45) is 11.8 Å². The molecule has 2 saturated carbocycles. The molecule has 4 aromatic heterocycles. The summed E-state index contributed by atoms with van der Waals surface area (Å²) in [6, 6.07) is 38.8. The van der Waals surface area contributed by atoms with Crippen LogP contribution in [0.25, 0.3) is 55.8 Å². The summed E-state index contributed by atoms with van der Waals surface area (Å²) in [6.07, 6.45) is 18.9. The summed E-state index contributed by atoms with van der Waals surface area (Å²) in [5.41, 5.74) is 11.9. The van der Waals surface area contributed by atoms with Crippen molar-refractivity contribution in [3.63, 3.8) is 0 Å². The fraction of sp³-hybridized carbons (Fsp3) is 0.389. The van der Waals surface area contributed by atoms with Gasteiger partial charge < -0.3 is 9.40 Å². The predicted molar refractivity (Wildman–Crippen MR) is 250 cm³/mol. The van der Waals surface area contributed by atoms with Crippen LogP contribution < -0.4 is 4.40 Å². The zero-order valence-corrected chi connectivity index (χ0v) is 41.0. The molecule has 7 aromatic rings. The number of aromatic nitrogens is 3. The molecule has 0 bridgehead atoms. The maximum atomic E-state index is 6.33. The quantitative estimate of drug-likeness (QED) is 0.107. The Morgan fingerprint density at radius 1 is 0.717 bits per heavy atom. The van der Waals surface area contributed by atoms with E-state index in [9.17, 15) is 0 Å². The van der Waals surface area contributed by atoms with Crippen molar-refractivity contribution in [3.05, 3.63) is 132 Å². The molecule has 0 N–H and O–H groups in total. The van der Waals surface area contributed by atoms with E-state index in [0.29, 0.717) is 17.5 Å². The van der Waals surface area contributed by atoms with Gasteiger partial charge in [-0.25, -0.2) is 4.98 Å². The van der Waals surface area contributed by atoms with E-state index in [2.05, 4.69) is 123 Å². The molecule has 0 spiro atoms. The second-order valence-electron chi connectivity index (χ2n) is 18.7. The Hall–Kier alpha value is -3.90. The summed E-state index contributed by atoms with van der Waals surface area (Å²) in [4.78, 5) is 14.4. The van der Waals surface area contributed by atoms with E-state index in [0.717, 1.165) is 62.8 Å². The van der Waals surface area contributed by atoms with E-state index in [4.69, 9.17) is 19.4 Å². The van der Waals surface area contributed by atoms with Gasteiger partial charge in [-0.3, -0.25) is 0 Å². The standard InChI is InChI=1S/C30H27N2O.C24H34GeN.Ir/c1-20(21-9-4-2-5-10-21)23-17-18-31-28(19-23)26-14-8-13-24-25-15-16-27(22-11-6-3-7-12-22)32-30(25)33-29(24)26;1-18(2)14-22-16-24(26-17-23(22)25(3,4)5)21-13-9-12-20(15-21)19-10-7-6-8-11-19;/h3,6-8,11-13,15-21H,2,4-5,9-10H2,1H3;9,12,15-19H,6-8,10-11,14H2,1-5H3;/q2*-1;. The van der Waals surface area contributed by atoms with Crippen LogP contribution in [0.4, 0.5) is 0 Å². The van der Waals surface area contributed by atoms with E-state index in [1.54, 1.807) is 4.40 Å². The van der Waals surface area contributed by atoms with Gasteiger partial charge in [0.05, 0.1) is 11.3 Å². The molecule has 3 aromatic carbocycles. The average Bonchev–Trinajstić information content (AvgIpc) is 3.65. The first-order valence-corrected chi connectivity index (χ1v) is 29.7. The number of furan rings is 1. The third-order valence-electron chi connectivity index (χ3n) is 12.9. The topological polar surface area (TPSA) is 51.8 Å². The molecule has 0 aliphatic heterocycles. The fourth-order valence-electron chi connectivity index (χ4n) is 9.61. The molecular weight excluding hydrogens is 971 g/mol. The maximum Gasteiger partial charge on any atom is 0.216 e. The molecule has 0 amide bonds. The Morgan fingerprint density at radius 2 is 1.45 bits per heavy atom. The molecule has 2 fully saturated rings. The van der Waals surface area contributed by atoms with Gasteiger partial charge in [0.1, 0.15) is 0 Å². The molecule has 2 aliphatic carbocycles. The Morgan fingerprint density at radius 3 is 2.18 bits per heavy atom. The molecule has 4 heterocycles. The average molecular weight is 1030 g/mol. The van der Waals surface area contributed by atoms with Crippen molar-refractivity contribution in [2.45, 2.75) is 121 Å². The van der Waals surface area contributed by atoms with Crippen molar-refractivity contribution in [2.75, 3.05) is 0 Å². The van der Waals surface area contributed by atoms with E-state index >= 15 is 0 Å². The van der Waals surface area contributed by atoms with Crippen LogP contribution in [-0.2, 0) is 26.5 Å². The van der Waals surface area contributed by atoms with Crippen LogP contribution in [0.5, 0.6) is 0 Å². The molecule has 1 radical (unpaired) electrons. The van der Waals surface area contributed by atoms with Gasteiger partial charge in [0.25, 0.3) is 0 Å². The van der Waals surface area contributed by atoms with Gasteiger partial charge in [-0.2, -0.15) is 0 Å². The van der Waals surface area contributed by atoms with Gasteiger partial charge in [0.15, 0.2) is 0 Å². The first kappa shape index (κ1) is 44.2. The first-order valence-electron chi connectivity index (χ1n) is 22.4. The Balaban J connectivity index is 0.000000184. The SMILES string of the molecule is CC(C)Cc1cc(-c2[c-]ccc(C3CCCCC3)c2)nc[c]1[Ge]([CH3])([CH3])[CH3].CC(c1ccnc(-c2[c-]ccc3c2oc2nc(-c4ccccc4)ccc23)c1)C1CCCCC1.[Ir]. The van der Waals surface area contributed by atoms with Gasteiger partial charge >= 0.3 is 163 Å². The number of rotatable bonds is 9. The molecule has 0 saturated heterocycles. The molecule has 1 atom stereocenters. The smallest absolute Gasteiger partial charge is 0.216 e. The molecule has 60 heavy (non-hydrogen) atoms. The number of hydrogen-bond donors (Lipinski definition) is 0. The molecule has 9 rings (SSSR count). The van der Waals surface area contributed by atoms with Crippen LogP contribution in [0.2, 0.25) is 17.3 Å². The fourth-order valence-corrected chi connectivity index (χ4v) is 12.9. The van der Waals surface area contributed by atoms with Crippen LogP contribution >= 0.6 is 0 Å². The minimum atomic E-state index is -1.91. The second kappa shape index (κ2) is 19.9. The number of benzene rings is 3. The Kier molecular flexibility index (Phi) is 14.6. The van der Waals surface area contributed by atoms with Crippen LogP contribution in [0.15, 0.2) is 108 Å². The third-order valence-corrected chi connectivity index (χ3v) is 17.2. The number of hydrogen-bond acceptors (Lipinski definition) is 4. The van der Waals surface area contributed by atoms with Crippen LogP contribution in [0.3, 0.4) is 0 Å². The molecule has 1 unspecified atom stereocenters. The van der Waals surface area contributed by atoms with Crippen molar-refractivity contribution < 1.29 is 24.5 Å². The van der Waals surface area contributed by atoms with E-state index in [1.165, 1.54) is 86.5 Å². The van der Waals surface area contributed by atoms with Crippen LogP contribution in [0, 0.1) is 24.0 Å². The van der Waals surface area contributed by atoms with Crippen LogP contribution in [0.1, 0.15) is 114 Å². The summed E-state index contributed by atoms with van der Waals surface area (Å²) in [5.74, 6) is 10.1. The Bertz CT molecular complexity index is 2490. The maximum absolute atomic E-state index is 6.33. The van der Waals surface area contributed by atoms with E-state index < -0.39 is 13.3 Å². The van der Waals surface area contributed by atoms with Gasteiger partial charge in [-0.1, -0.05) is 79.1 Å². The minimum Gasteiger partial charge on any atom is -0.486 e. The molecular formula is C54H61GeIrN3O-2. The number of fused-ring (bicyclic) bond motifs is 3. The normalized spacial score (nSPS) is 15.7. The summed E-state index contributed by atoms with van der Waals surface area (Å²) >= 11 is -1.91. The van der Waals surface area contributed by atoms with Gasteiger partial charge in [0, 0.05) is 37.3 Å². The number of nitrogens with zero attached hydrogens (tertiary/aromatic N) is 3. The van der Waals surface area contributed by atoms with E-state index in [1.807, 2.05) is 30.5 Å². The second-order valence-corrected chi connectivity index (χ2v) is 29.3. The van der Waals surface area contributed by atoms with Crippen molar-refractivity contribution in [1.29, 1.82) is 0 Å². The van der Waals surface area contributed by atoms with Crippen molar-refractivity contribution in [1.82, 2.24) is 15.0 Å². The van der Waals surface area contributed by atoms with Gasteiger partial charge in [0.2, 0.25) is 5.71 Å². The van der Waals surface area contributed by atoms with Crippen molar-refractivity contribution >= 4 is 39.7 Å². The number of pyridine rings is 3. The summed E-state index contributed by atoms with van der Waals surface area (Å²) in [6.45, 7) is 7.00. The summed E-state index contributed by atoms with van der Waals surface area (Å²) in [7, 11) is 0. The molecule has 4 nitrogen and oxygen atoms in total. The zero-order chi connectivity index (χ0) is 40.9. The minimum absolute atomic E-state index is 0. The van der Waals surface area contributed by atoms with Crippen molar-refractivity contribution in [3.8, 4) is 33.8 Å². The largest absolute Gasteiger partial charge is 0.486 e. The summed E-state index contributed by atoms with van der Waals surface area (Å²) < 4.78 is 7.90. The monoisotopic (exact) mass is 1030 g/mol. The van der Waals surface area contributed by atoms with Gasteiger partial charge in [-0.05, 0) is 48.6 Å². The molecule has 2 aliphatic rings.